The van der Waals surface area contributed by atoms with Gasteiger partial charge in [-0.05, 0) is 44.1 Å². The molecule has 0 spiro atoms. The van der Waals surface area contributed by atoms with Gasteiger partial charge in [0.1, 0.15) is 0 Å². The van der Waals surface area contributed by atoms with Crippen LogP contribution in [0, 0.1) is 5.92 Å². The van der Waals surface area contributed by atoms with Crippen molar-refractivity contribution in [3.05, 3.63) is 16.0 Å². The molecule has 4 heteroatoms. The van der Waals surface area contributed by atoms with E-state index in [2.05, 4.69) is 19.2 Å². The Morgan fingerprint density at radius 3 is 2.72 bits per heavy atom. The molecule has 2 rings (SSSR count). The zero-order valence-corrected chi connectivity index (χ0v) is 12.4. The number of fused-ring (bicyclic) bond motifs is 1. The molecular weight excluding hydrogens is 244 g/mol. The number of anilines is 1. The van der Waals surface area contributed by atoms with Crippen LogP contribution < -0.4 is 11.1 Å². The molecule has 1 amide bonds. The van der Waals surface area contributed by atoms with E-state index < -0.39 is 0 Å². The van der Waals surface area contributed by atoms with Gasteiger partial charge in [-0.25, -0.2) is 0 Å². The number of thiophene rings is 1. The summed E-state index contributed by atoms with van der Waals surface area (Å²) in [6.45, 7) is 8.42. The fourth-order valence-electron chi connectivity index (χ4n) is 2.83. The third-order valence-corrected chi connectivity index (χ3v) is 4.76. The third-order valence-electron chi connectivity index (χ3n) is 3.47. The average Bonchev–Trinajstić information content (AvgIpc) is 2.53. The van der Waals surface area contributed by atoms with Gasteiger partial charge >= 0.3 is 0 Å². The van der Waals surface area contributed by atoms with E-state index in [1.807, 2.05) is 13.8 Å². The van der Waals surface area contributed by atoms with Crippen molar-refractivity contribution < 1.29 is 4.79 Å². The van der Waals surface area contributed by atoms with Crippen molar-refractivity contribution in [3.8, 4) is 0 Å². The van der Waals surface area contributed by atoms with Gasteiger partial charge in [0, 0.05) is 10.9 Å². The lowest BCUT2D eigenvalue weighted by Gasteiger charge is -2.24. The van der Waals surface area contributed by atoms with Gasteiger partial charge in [0.25, 0.3) is 5.91 Å². The Morgan fingerprint density at radius 2 is 2.11 bits per heavy atom. The van der Waals surface area contributed by atoms with Gasteiger partial charge in [0.2, 0.25) is 0 Å². The minimum atomic E-state index is -0.0127. The van der Waals surface area contributed by atoms with Gasteiger partial charge in [-0.3, -0.25) is 4.79 Å². The van der Waals surface area contributed by atoms with Crippen LogP contribution >= 0.6 is 11.3 Å². The number of rotatable bonds is 2. The highest BCUT2D eigenvalue weighted by atomic mass is 32.1. The van der Waals surface area contributed by atoms with Crippen molar-refractivity contribution in [2.75, 3.05) is 5.73 Å². The van der Waals surface area contributed by atoms with E-state index in [1.165, 1.54) is 16.9 Å². The molecule has 1 aromatic rings. The third kappa shape index (κ3) is 2.39. The van der Waals surface area contributed by atoms with E-state index in [-0.39, 0.29) is 11.9 Å². The maximum Gasteiger partial charge on any atom is 0.254 e. The van der Waals surface area contributed by atoms with Crippen LogP contribution in [-0.2, 0) is 6.42 Å². The van der Waals surface area contributed by atoms with Gasteiger partial charge in [-0.2, -0.15) is 0 Å². The van der Waals surface area contributed by atoms with Crippen molar-refractivity contribution in [2.24, 2.45) is 5.92 Å². The van der Waals surface area contributed by atoms with E-state index in [9.17, 15) is 4.79 Å². The van der Waals surface area contributed by atoms with Crippen LogP contribution in [0.15, 0.2) is 0 Å². The van der Waals surface area contributed by atoms with E-state index in [1.54, 1.807) is 11.3 Å². The van der Waals surface area contributed by atoms with Crippen LogP contribution in [0.4, 0.5) is 5.00 Å². The Bertz CT molecular complexity index is 465. The van der Waals surface area contributed by atoms with Crippen molar-refractivity contribution in [3.63, 3.8) is 0 Å². The quantitative estimate of drug-likeness (QED) is 0.864. The van der Waals surface area contributed by atoms with Gasteiger partial charge in [0.15, 0.2) is 0 Å². The predicted octanol–water partition coefficient (Wildman–Crippen LogP) is 3.15. The van der Waals surface area contributed by atoms with Gasteiger partial charge < -0.3 is 11.1 Å². The molecule has 0 aromatic carbocycles. The molecule has 1 aliphatic carbocycles. The van der Waals surface area contributed by atoms with Crippen molar-refractivity contribution in [1.82, 2.24) is 5.32 Å². The minimum Gasteiger partial charge on any atom is -0.390 e. The highest BCUT2D eigenvalue weighted by Gasteiger charge is 2.30. The lowest BCUT2D eigenvalue weighted by Crippen LogP contribution is -2.31. The second-order valence-electron chi connectivity index (χ2n) is 5.76. The first kappa shape index (κ1) is 13.4. The van der Waals surface area contributed by atoms with Crippen LogP contribution in [0.5, 0.6) is 0 Å². The summed E-state index contributed by atoms with van der Waals surface area (Å²) in [6.07, 6.45) is 2.17. The Morgan fingerprint density at radius 1 is 1.44 bits per heavy atom. The van der Waals surface area contributed by atoms with E-state index >= 15 is 0 Å². The lowest BCUT2D eigenvalue weighted by molar-refractivity contribution is 0.0943. The number of hydrogen-bond acceptors (Lipinski definition) is 3. The summed E-state index contributed by atoms with van der Waals surface area (Å²) in [5.74, 6) is 1.14. The summed E-state index contributed by atoms with van der Waals surface area (Å²) < 4.78 is 0. The fraction of sp³-hybridized carbons (Fsp3) is 0.643. The molecular formula is C14H22N2OS. The van der Waals surface area contributed by atoms with Gasteiger partial charge in [-0.15, -0.1) is 11.3 Å². The smallest absolute Gasteiger partial charge is 0.254 e. The number of nitrogens with two attached hydrogens (primary N) is 1. The van der Waals surface area contributed by atoms with Gasteiger partial charge in [-0.1, -0.05) is 13.8 Å². The molecule has 0 radical (unpaired) electrons. The Balaban J connectivity index is 2.40. The molecule has 0 aliphatic heterocycles. The number of carbonyl (C=O) groups is 1. The standard InChI is InChI=1S/C14H22N2OS/c1-7(2)16-14(17)11-10-6-8(3)5-9(4)12(10)18-13(11)15/h7-9H,5-6,15H2,1-4H3,(H,16,17). The first-order valence-electron chi connectivity index (χ1n) is 6.62. The molecule has 3 N–H and O–H groups in total. The number of nitrogens with one attached hydrogen (secondary N) is 1. The van der Waals surface area contributed by atoms with Crippen LogP contribution in [-0.4, -0.2) is 11.9 Å². The molecule has 1 heterocycles. The summed E-state index contributed by atoms with van der Waals surface area (Å²) >= 11 is 1.60. The highest BCUT2D eigenvalue weighted by molar-refractivity contribution is 7.16. The summed E-state index contributed by atoms with van der Waals surface area (Å²) in [5, 5.41) is 3.63. The predicted molar refractivity (Wildman–Crippen MR) is 77.2 cm³/mol. The van der Waals surface area contributed by atoms with Crippen molar-refractivity contribution in [2.45, 2.75) is 52.5 Å². The molecule has 1 aromatic heterocycles. The van der Waals surface area contributed by atoms with E-state index in [4.69, 9.17) is 5.73 Å². The largest absolute Gasteiger partial charge is 0.390 e. The summed E-state index contributed by atoms with van der Waals surface area (Å²) in [5.41, 5.74) is 8.00. The van der Waals surface area contributed by atoms with Crippen LogP contribution in [0.25, 0.3) is 0 Å². The first-order chi connectivity index (χ1) is 8.40. The Hall–Kier alpha value is -1.03. The molecule has 0 fully saturated rings. The van der Waals surface area contributed by atoms with E-state index in [0.717, 1.165) is 12.0 Å². The van der Waals surface area contributed by atoms with Crippen molar-refractivity contribution in [1.29, 1.82) is 0 Å². The molecule has 2 atom stereocenters. The lowest BCUT2D eigenvalue weighted by atomic mass is 9.82. The molecule has 18 heavy (non-hydrogen) atoms. The summed E-state index contributed by atoms with van der Waals surface area (Å²) in [4.78, 5) is 13.6. The number of hydrogen-bond donors (Lipinski definition) is 2. The first-order valence-corrected chi connectivity index (χ1v) is 7.43. The topological polar surface area (TPSA) is 55.1 Å². The zero-order valence-electron chi connectivity index (χ0n) is 11.5. The monoisotopic (exact) mass is 266 g/mol. The summed E-state index contributed by atoms with van der Waals surface area (Å²) in [7, 11) is 0. The second kappa shape index (κ2) is 4.92. The normalized spacial score (nSPS) is 22.9. The van der Waals surface area contributed by atoms with Crippen LogP contribution in [0.1, 0.15) is 60.8 Å². The average molecular weight is 266 g/mol. The Labute approximate surface area is 113 Å². The summed E-state index contributed by atoms with van der Waals surface area (Å²) in [6, 6.07) is 0.144. The number of nitrogen functional groups attached to an aromatic ring is 1. The molecule has 0 bridgehead atoms. The molecule has 0 saturated heterocycles. The molecule has 0 saturated carbocycles. The fourth-order valence-corrected chi connectivity index (χ4v) is 3.99. The van der Waals surface area contributed by atoms with Crippen molar-refractivity contribution >= 4 is 22.2 Å². The van der Waals surface area contributed by atoms with Crippen LogP contribution in [0.3, 0.4) is 0 Å². The minimum absolute atomic E-state index is 0.0127. The zero-order chi connectivity index (χ0) is 13.4. The number of amides is 1. The molecule has 2 unspecified atom stereocenters. The maximum absolute atomic E-state index is 12.2. The number of carbonyl (C=O) groups excluding carboxylic acids is 1. The maximum atomic E-state index is 12.2. The Kier molecular flexibility index (Phi) is 3.66. The second-order valence-corrected chi connectivity index (χ2v) is 6.84. The molecule has 100 valence electrons. The highest BCUT2D eigenvalue weighted by Crippen LogP contribution is 2.43. The molecule has 1 aliphatic rings. The molecule has 3 nitrogen and oxygen atoms in total. The van der Waals surface area contributed by atoms with Gasteiger partial charge in [0.05, 0.1) is 10.6 Å². The SMILES string of the molecule is CC1Cc2c(sc(N)c2C(=O)NC(C)C)C(C)C1. The van der Waals surface area contributed by atoms with E-state index in [0.29, 0.717) is 16.8 Å². The van der Waals surface area contributed by atoms with Crippen LogP contribution in [0.2, 0.25) is 0 Å².